The lowest BCUT2D eigenvalue weighted by molar-refractivity contribution is 0.299. The van der Waals surface area contributed by atoms with Crippen LogP contribution in [0.5, 0.6) is 0 Å². The van der Waals surface area contributed by atoms with Crippen LogP contribution in [-0.2, 0) is 0 Å². The number of nitrogens with zero attached hydrogens (tertiary/aromatic N) is 1. The lowest BCUT2D eigenvalue weighted by Crippen LogP contribution is -2.39. The van der Waals surface area contributed by atoms with Crippen molar-refractivity contribution in [1.82, 2.24) is 10.2 Å². The topological polar surface area (TPSA) is 15.3 Å². The Morgan fingerprint density at radius 2 is 2.20 bits per heavy atom. The molecule has 15 heavy (non-hydrogen) atoms. The summed E-state index contributed by atoms with van der Waals surface area (Å²) in [5.74, 6) is 1.32. The van der Waals surface area contributed by atoms with Gasteiger partial charge in [0.05, 0.1) is 0 Å². The Labute approximate surface area is 98.2 Å². The van der Waals surface area contributed by atoms with E-state index in [9.17, 15) is 0 Å². The average molecular weight is 228 g/mol. The summed E-state index contributed by atoms with van der Waals surface area (Å²) in [6.07, 6.45) is 9.16. The molecular formula is C12H24N2S. The molecule has 0 aliphatic carbocycles. The highest BCUT2D eigenvalue weighted by molar-refractivity contribution is 7.98. The molecule has 0 radical (unpaired) electrons. The van der Waals surface area contributed by atoms with E-state index in [1.807, 2.05) is 11.8 Å². The number of rotatable bonds is 6. The maximum Gasteiger partial charge on any atom is 0.0250 e. The summed E-state index contributed by atoms with van der Waals surface area (Å²) in [6, 6.07) is 1.69. The van der Waals surface area contributed by atoms with Gasteiger partial charge < -0.3 is 5.32 Å². The minimum absolute atomic E-state index is 0.807. The Bertz CT molecular complexity index is 186. The summed E-state index contributed by atoms with van der Waals surface area (Å²) < 4.78 is 0. The van der Waals surface area contributed by atoms with E-state index in [-0.39, 0.29) is 0 Å². The summed E-state index contributed by atoms with van der Waals surface area (Å²) in [5.41, 5.74) is 0. The normalized spacial score (nSPS) is 31.0. The molecule has 2 atom stereocenters. The molecule has 2 saturated heterocycles. The number of hydrogen-bond donors (Lipinski definition) is 1. The van der Waals surface area contributed by atoms with Crippen LogP contribution in [0.1, 0.15) is 32.1 Å². The van der Waals surface area contributed by atoms with E-state index in [1.165, 1.54) is 57.5 Å². The maximum atomic E-state index is 3.76. The van der Waals surface area contributed by atoms with Gasteiger partial charge in [0.1, 0.15) is 0 Å². The van der Waals surface area contributed by atoms with Gasteiger partial charge in [0, 0.05) is 18.6 Å². The number of hydrogen-bond acceptors (Lipinski definition) is 3. The highest BCUT2D eigenvalue weighted by Gasteiger charge is 2.36. The van der Waals surface area contributed by atoms with E-state index in [2.05, 4.69) is 16.5 Å². The number of nitrogens with one attached hydrogen (secondary N) is 1. The van der Waals surface area contributed by atoms with Crippen LogP contribution in [0, 0.1) is 0 Å². The summed E-state index contributed by atoms with van der Waals surface area (Å²) in [7, 11) is 0. The van der Waals surface area contributed by atoms with Crippen LogP contribution in [0.4, 0.5) is 0 Å². The summed E-state index contributed by atoms with van der Waals surface area (Å²) in [5, 5.41) is 3.76. The molecule has 0 aromatic rings. The fourth-order valence-corrected chi connectivity index (χ4v) is 3.47. The third-order valence-electron chi connectivity index (χ3n) is 3.79. The van der Waals surface area contributed by atoms with Crippen LogP contribution in [-0.4, -0.2) is 48.6 Å². The van der Waals surface area contributed by atoms with E-state index < -0.39 is 0 Å². The van der Waals surface area contributed by atoms with Crippen LogP contribution in [0.3, 0.4) is 0 Å². The Balaban J connectivity index is 1.59. The first kappa shape index (κ1) is 11.7. The molecule has 3 heteroatoms. The van der Waals surface area contributed by atoms with Crippen molar-refractivity contribution >= 4 is 11.8 Å². The van der Waals surface area contributed by atoms with Crippen molar-refractivity contribution in [1.29, 1.82) is 0 Å². The van der Waals surface area contributed by atoms with Crippen molar-refractivity contribution in [3.05, 3.63) is 0 Å². The van der Waals surface area contributed by atoms with E-state index >= 15 is 0 Å². The van der Waals surface area contributed by atoms with Crippen molar-refractivity contribution in [3.8, 4) is 0 Å². The van der Waals surface area contributed by atoms with Crippen molar-refractivity contribution in [2.75, 3.05) is 31.6 Å². The first-order valence-electron chi connectivity index (χ1n) is 6.38. The summed E-state index contributed by atoms with van der Waals surface area (Å²) >= 11 is 1.96. The molecule has 0 saturated carbocycles. The van der Waals surface area contributed by atoms with Gasteiger partial charge in [-0.2, -0.15) is 11.8 Å². The summed E-state index contributed by atoms with van der Waals surface area (Å²) in [4.78, 5) is 2.68. The van der Waals surface area contributed by atoms with Gasteiger partial charge in [-0.05, 0) is 57.2 Å². The fraction of sp³-hybridized carbons (Fsp3) is 1.00. The predicted molar refractivity (Wildman–Crippen MR) is 68.6 cm³/mol. The van der Waals surface area contributed by atoms with Crippen LogP contribution in [0.25, 0.3) is 0 Å². The van der Waals surface area contributed by atoms with Gasteiger partial charge in [0.25, 0.3) is 0 Å². The van der Waals surface area contributed by atoms with Crippen LogP contribution >= 0.6 is 11.8 Å². The predicted octanol–water partition coefficient (Wildman–Crippen LogP) is 1.96. The third-order valence-corrected chi connectivity index (χ3v) is 4.48. The van der Waals surface area contributed by atoms with Gasteiger partial charge >= 0.3 is 0 Å². The second-order valence-corrected chi connectivity index (χ2v) is 5.78. The highest BCUT2D eigenvalue weighted by atomic mass is 32.2. The zero-order valence-corrected chi connectivity index (χ0v) is 10.7. The van der Waals surface area contributed by atoms with Gasteiger partial charge in [-0.3, -0.25) is 4.90 Å². The Morgan fingerprint density at radius 1 is 1.27 bits per heavy atom. The van der Waals surface area contributed by atoms with E-state index in [1.54, 1.807) is 0 Å². The molecular weight excluding hydrogens is 204 g/mol. The van der Waals surface area contributed by atoms with Crippen molar-refractivity contribution in [3.63, 3.8) is 0 Å². The van der Waals surface area contributed by atoms with Crippen LogP contribution in [0.15, 0.2) is 0 Å². The van der Waals surface area contributed by atoms with Crippen LogP contribution in [0.2, 0.25) is 0 Å². The molecule has 2 heterocycles. The minimum atomic E-state index is 0.807. The van der Waals surface area contributed by atoms with E-state index in [0.29, 0.717) is 0 Å². The molecule has 0 aromatic heterocycles. The van der Waals surface area contributed by atoms with Gasteiger partial charge in [0.2, 0.25) is 0 Å². The molecule has 2 aliphatic rings. The average Bonchev–Trinajstić information content (AvgIpc) is 2.81. The zero-order valence-electron chi connectivity index (χ0n) is 9.87. The third kappa shape index (κ3) is 3.11. The molecule has 1 N–H and O–H groups in total. The molecule has 2 fully saturated rings. The van der Waals surface area contributed by atoms with Crippen molar-refractivity contribution < 1.29 is 0 Å². The largest absolute Gasteiger partial charge is 0.312 e. The van der Waals surface area contributed by atoms with Gasteiger partial charge in [-0.1, -0.05) is 0 Å². The first-order valence-corrected chi connectivity index (χ1v) is 7.77. The Kier molecular flexibility index (Phi) is 4.79. The van der Waals surface area contributed by atoms with Crippen molar-refractivity contribution in [2.24, 2.45) is 0 Å². The van der Waals surface area contributed by atoms with Crippen LogP contribution < -0.4 is 5.32 Å². The first-order chi connectivity index (χ1) is 7.42. The molecule has 2 nitrogen and oxygen atoms in total. The Morgan fingerprint density at radius 3 is 3.07 bits per heavy atom. The molecule has 0 bridgehead atoms. The summed E-state index contributed by atoms with van der Waals surface area (Å²) in [6.45, 7) is 3.93. The second kappa shape index (κ2) is 6.12. The van der Waals surface area contributed by atoms with E-state index in [0.717, 1.165) is 12.1 Å². The molecule has 2 aliphatic heterocycles. The number of unbranched alkanes of at least 4 members (excludes halogenated alkanes) is 1. The highest BCUT2D eigenvalue weighted by Crippen LogP contribution is 2.27. The minimum Gasteiger partial charge on any atom is -0.312 e. The maximum absolute atomic E-state index is 3.76. The molecule has 2 rings (SSSR count). The van der Waals surface area contributed by atoms with Gasteiger partial charge in [-0.25, -0.2) is 0 Å². The fourth-order valence-electron chi connectivity index (χ4n) is 2.98. The van der Waals surface area contributed by atoms with Gasteiger partial charge in [0.15, 0.2) is 0 Å². The number of fused-ring (bicyclic) bond motifs is 1. The number of thioether (sulfide) groups is 1. The SMILES string of the molecule is CSCCCCNC1CCN2CCCC12. The van der Waals surface area contributed by atoms with E-state index in [4.69, 9.17) is 0 Å². The lowest BCUT2D eigenvalue weighted by Gasteiger charge is -2.21. The van der Waals surface area contributed by atoms with Gasteiger partial charge in [-0.15, -0.1) is 0 Å². The quantitative estimate of drug-likeness (QED) is 0.700. The monoisotopic (exact) mass is 228 g/mol. The molecule has 0 amide bonds. The smallest absolute Gasteiger partial charge is 0.0250 e. The lowest BCUT2D eigenvalue weighted by atomic mass is 10.1. The van der Waals surface area contributed by atoms with Crippen molar-refractivity contribution in [2.45, 2.75) is 44.2 Å². The Hall–Kier alpha value is 0.270. The molecule has 0 spiro atoms. The zero-order chi connectivity index (χ0) is 10.5. The molecule has 2 unspecified atom stereocenters. The molecule has 88 valence electrons. The molecule has 0 aromatic carbocycles. The standard InChI is InChI=1S/C12H24N2S/c1-15-10-3-2-7-13-11-6-9-14-8-4-5-12(11)14/h11-13H,2-10H2,1H3. The second-order valence-electron chi connectivity index (χ2n) is 4.79.